The van der Waals surface area contributed by atoms with Crippen LogP contribution in [-0.4, -0.2) is 60.4 Å². The Morgan fingerprint density at radius 2 is 1.89 bits per heavy atom. The van der Waals surface area contributed by atoms with Gasteiger partial charge in [0.1, 0.15) is 24.7 Å². The summed E-state index contributed by atoms with van der Waals surface area (Å²) >= 11 is 0. The fourth-order valence-electron chi connectivity index (χ4n) is 4.58. The van der Waals surface area contributed by atoms with Gasteiger partial charge in [0.25, 0.3) is 5.91 Å². The quantitative estimate of drug-likeness (QED) is 0.493. The molecule has 0 aliphatic carbocycles. The average molecular weight is 501 g/mol. The van der Waals surface area contributed by atoms with Crippen LogP contribution in [0.2, 0.25) is 0 Å². The number of para-hydroxylation sites is 1. The van der Waals surface area contributed by atoms with Crippen LogP contribution in [0.3, 0.4) is 0 Å². The molecule has 2 aliphatic rings. The molecule has 1 atom stereocenters. The first-order valence-corrected chi connectivity index (χ1v) is 12.0. The van der Waals surface area contributed by atoms with E-state index in [0.717, 1.165) is 16.9 Å². The Morgan fingerprint density at radius 3 is 2.68 bits per heavy atom. The second-order valence-corrected chi connectivity index (χ2v) is 9.07. The molecule has 3 heterocycles. The molecule has 3 amide bonds. The number of rotatable bonds is 5. The van der Waals surface area contributed by atoms with Gasteiger partial charge in [0, 0.05) is 50.2 Å². The number of carbonyl (C=O) groups is 3. The van der Waals surface area contributed by atoms with Crippen molar-refractivity contribution in [2.24, 2.45) is 0 Å². The standard InChI is InChI=1S/C27H28N6O4/c1-16-12-29-25(11-22(16)31-21-7-5-4-6-20(21)27(36)28-3)30-18-8-9-23-24(10-18)37-15-19-13-32(17(2)34)14-26(35)33(19)23/h4-12,19H,13-15H2,1-3H3,(H,28,36)(H2,29,30,31). The zero-order valence-corrected chi connectivity index (χ0v) is 20.9. The molecule has 5 rings (SSSR count). The van der Waals surface area contributed by atoms with E-state index >= 15 is 0 Å². The Hall–Kier alpha value is -4.60. The molecule has 3 aromatic rings. The third kappa shape index (κ3) is 4.77. The number of hydrogen-bond donors (Lipinski definition) is 3. The lowest BCUT2D eigenvalue weighted by atomic mass is 10.1. The maximum Gasteiger partial charge on any atom is 0.253 e. The Balaban J connectivity index is 1.36. The number of piperazine rings is 1. The van der Waals surface area contributed by atoms with E-state index in [1.54, 1.807) is 29.1 Å². The minimum atomic E-state index is -0.207. The highest BCUT2D eigenvalue weighted by Crippen LogP contribution is 2.38. The van der Waals surface area contributed by atoms with E-state index < -0.39 is 0 Å². The van der Waals surface area contributed by atoms with Gasteiger partial charge >= 0.3 is 0 Å². The van der Waals surface area contributed by atoms with Crippen LogP contribution < -0.4 is 25.6 Å². The van der Waals surface area contributed by atoms with E-state index in [2.05, 4.69) is 20.9 Å². The Labute approximate surface area is 214 Å². The second-order valence-electron chi connectivity index (χ2n) is 9.07. The van der Waals surface area contributed by atoms with Crippen molar-refractivity contribution < 1.29 is 19.1 Å². The molecule has 0 radical (unpaired) electrons. The summed E-state index contributed by atoms with van der Waals surface area (Å²) in [5, 5.41) is 9.30. The lowest BCUT2D eigenvalue weighted by Crippen LogP contribution is -2.61. The monoisotopic (exact) mass is 500 g/mol. The molecule has 2 aliphatic heterocycles. The predicted octanol–water partition coefficient (Wildman–Crippen LogP) is 3.19. The van der Waals surface area contributed by atoms with Crippen LogP contribution in [0.4, 0.5) is 28.6 Å². The highest BCUT2D eigenvalue weighted by molar-refractivity contribution is 6.01. The van der Waals surface area contributed by atoms with Gasteiger partial charge < -0.3 is 25.6 Å². The van der Waals surface area contributed by atoms with E-state index in [1.165, 1.54) is 6.92 Å². The average Bonchev–Trinajstić information content (AvgIpc) is 2.90. The highest BCUT2D eigenvalue weighted by Gasteiger charge is 2.39. The van der Waals surface area contributed by atoms with Gasteiger partial charge in [0.15, 0.2) is 0 Å². The van der Waals surface area contributed by atoms with Gasteiger partial charge in [-0.3, -0.25) is 19.3 Å². The zero-order chi connectivity index (χ0) is 26.1. The van der Waals surface area contributed by atoms with Crippen molar-refractivity contribution in [2.75, 3.05) is 42.3 Å². The van der Waals surface area contributed by atoms with Gasteiger partial charge in [-0.1, -0.05) is 12.1 Å². The normalized spacial score (nSPS) is 16.3. The van der Waals surface area contributed by atoms with Gasteiger partial charge in [-0.05, 0) is 36.8 Å². The molecule has 1 aromatic heterocycles. The third-order valence-corrected chi connectivity index (χ3v) is 6.53. The number of nitrogens with one attached hydrogen (secondary N) is 3. The number of fused-ring (bicyclic) bond motifs is 3. The molecule has 1 unspecified atom stereocenters. The largest absolute Gasteiger partial charge is 0.489 e. The van der Waals surface area contributed by atoms with E-state index in [0.29, 0.717) is 41.7 Å². The number of ether oxygens (including phenoxy) is 1. The van der Waals surface area contributed by atoms with Crippen molar-refractivity contribution in [3.63, 3.8) is 0 Å². The topological polar surface area (TPSA) is 116 Å². The fourth-order valence-corrected chi connectivity index (χ4v) is 4.58. The van der Waals surface area contributed by atoms with Crippen LogP contribution in [0.5, 0.6) is 5.75 Å². The van der Waals surface area contributed by atoms with Crippen molar-refractivity contribution in [2.45, 2.75) is 19.9 Å². The van der Waals surface area contributed by atoms with Crippen molar-refractivity contribution in [1.29, 1.82) is 0 Å². The summed E-state index contributed by atoms with van der Waals surface area (Å²) in [6.45, 7) is 4.24. The highest BCUT2D eigenvalue weighted by atomic mass is 16.5. The number of anilines is 5. The van der Waals surface area contributed by atoms with Gasteiger partial charge in [-0.15, -0.1) is 0 Å². The molecule has 1 saturated heterocycles. The van der Waals surface area contributed by atoms with E-state index in [9.17, 15) is 14.4 Å². The zero-order valence-electron chi connectivity index (χ0n) is 20.9. The van der Waals surface area contributed by atoms with E-state index in [4.69, 9.17) is 4.74 Å². The summed E-state index contributed by atoms with van der Waals surface area (Å²) in [6, 6.07) is 14.5. The Morgan fingerprint density at radius 1 is 1.08 bits per heavy atom. The lowest BCUT2D eigenvalue weighted by Gasteiger charge is -2.43. The number of aromatic nitrogens is 1. The summed E-state index contributed by atoms with van der Waals surface area (Å²) in [4.78, 5) is 44.6. The Bertz CT molecular complexity index is 1390. The summed E-state index contributed by atoms with van der Waals surface area (Å²) in [6.07, 6.45) is 1.75. The van der Waals surface area contributed by atoms with Crippen LogP contribution in [0, 0.1) is 6.92 Å². The van der Waals surface area contributed by atoms with Crippen molar-refractivity contribution in [1.82, 2.24) is 15.2 Å². The van der Waals surface area contributed by atoms with Gasteiger partial charge in [-0.2, -0.15) is 0 Å². The van der Waals surface area contributed by atoms with Crippen molar-refractivity contribution in [3.8, 4) is 5.75 Å². The molecule has 1 fully saturated rings. The van der Waals surface area contributed by atoms with Crippen molar-refractivity contribution in [3.05, 3.63) is 65.9 Å². The van der Waals surface area contributed by atoms with Gasteiger partial charge in [0.2, 0.25) is 11.8 Å². The number of nitrogens with zero attached hydrogens (tertiary/aromatic N) is 3. The van der Waals surface area contributed by atoms with Gasteiger partial charge in [-0.25, -0.2) is 4.98 Å². The van der Waals surface area contributed by atoms with E-state index in [-0.39, 0.29) is 30.3 Å². The molecule has 10 nitrogen and oxygen atoms in total. The maximum atomic E-state index is 12.8. The number of aryl methyl sites for hydroxylation is 1. The van der Waals surface area contributed by atoms with Crippen LogP contribution in [-0.2, 0) is 9.59 Å². The number of hydrogen-bond acceptors (Lipinski definition) is 7. The summed E-state index contributed by atoms with van der Waals surface area (Å²) in [5.41, 5.74) is 4.40. The SMILES string of the molecule is CNC(=O)c1ccccc1Nc1cc(Nc2ccc3c(c2)OCC2CN(C(C)=O)CC(=O)N32)ncc1C. The maximum absolute atomic E-state index is 12.8. The summed E-state index contributed by atoms with van der Waals surface area (Å²) in [5.74, 6) is 0.784. The second kappa shape index (κ2) is 9.81. The fraction of sp³-hybridized carbons (Fsp3) is 0.259. The van der Waals surface area contributed by atoms with E-state index in [1.807, 2.05) is 49.4 Å². The molecule has 0 spiro atoms. The molecule has 2 aromatic carbocycles. The van der Waals surface area contributed by atoms with Crippen molar-refractivity contribution >= 4 is 46.3 Å². The number of carbonyl (C=O) groups excluding carboxylic acids is 3. The number of pyridine rings is 1. The first-order chi connectivity index (χ1) is 17.8. The predicted molar refractivity (Wildman–Crippen MR) is 141 cm³/mol. The molecular formula is C27H28N6O4. The minimum Gasteiger partial charge on any atom is -0.489 e. The number of amides is 3. The van der Waals surface area contributed by atoms with Crippen LogP contribution in [0.25, 0.3) is 0 Å². The Kier molecular flexibility index (Phi) is 6.39. The van der Waals surface area contributed by atoms with Crippen LogP contribution in [0.1, 0.15) is 22.8 Å². The molecule has 190 valence electrons. The van der Waals surface area contributed by atoms with Crippen LogP contribution >= 0.6 is 0 Å². The summed E-state index contributed by atoms with van der Waals surface area (Å²) < 4.78 is 5.97. The lowest BCUT2D eigenvalue weighted by molar-refractivity contribution is -0.136. The molecule has 37 heavy (non-hydrogen) atoms. The molecule has 3 N–H and O–H groups in total. The number of benzene rings is 2. The first-order valence-electron chi connectivity index (χ1n) is 12.0. The molecular weight excluding hydrogens is 472 g/mol. The molecule has 10 heteroatoms. The molecule has 0 bridgehead atoms. The summed E-state index contributed by atoms with van der Waals surface area (Å²) in [7, 11) is 1.60. The first kappa shape index (κ1) is 24.1. The molecule has 0 saturated carbocycles. The van der Waals surface area contributed by atoms with Crippen LogP contribution in [0.15, 0.2) is 54.7 Å². The third-order valence-electron chi connectivity index (χ3n) is 6.53. The minimum absolute atomic E-state index is 0.0668. The smallest absolute Gasteiger partial charge is 0.253 e. The van der Waals surface area contributed by atoms with Gasteiger partial charge in [0.05, 0.1) is 23.0 Å².